The predicted molar refractivity (Wildman–Crippen MR) is 57.8 cm³/mol. The van der Waals surface area contributed by atoms with Gasteiger partial charge in [-0.2, -0.15) is 0 Å². The van der Waals surface area contributed by atoms with Crippen LogP contribution in [0.15, 0.2) is 24.0 Å². The van der Waals surface area contributed by atoms with Gasteiger partial charge in [0.25, 0.3) is 0 Å². The Morgan fingerprint density at radius 3 is 3.27 bits per heavy atom. The van der Waals surface area contributed by atoms with E-state index in [-0.39, 0.29) is 0 Å². The van der Waals surface area contributed by atoms with Gasteiger partial charge in [-0.15, -0.1) is 0 Å². The lowest BCUT2D eigenvalue weighted by atomic mass is 10.2. The second-order valence-corrected chi connectivity index (χ2v) is 4.25. The van der Waals surface area contributed by atoms with Crippen molar-refractivity contribution >= 4 is 11.5 Å². The van der Waals surface area contributed by atoms with Crippen molar-refractivity contribution < 1.29 is 4.74 Å². The van der Waals surface area contributed by atoms with Gasteiger partial charge in [-0.1, -0.05) is 0 Å². The molecule has 0 radical (unpaired) electrons. The summed E-state index contributed by atoms with van der Waals surface area (Å²) >= 11 is 1.45. The molecule has 0 N–H and O–H groups in total. The summed E-state index contributed by atoms with van der Waals surface area (Å²) < 4.78 is 11.7. The Morgan fingerprint density at radius 1 is 1.53 bits per heavy atom. The lowest BCUT2D eigenvalue weighted by Crippen LogP contribution is -2.08. The van der Waals surface area contributed by atoms with E-state index in [9.17, 15) is 0 Å². The van der Waals surface area contributed by atoms with Gasteiger partial charge >= 0.3 is 0 Å². The summed E-state index contributed by atoms with van der Waals surface area (Å²) in [5.41, 5.74) is 1.09. The van der Waals surface area contributed by atoms with Crippen LogP contribution in [0, 0.1) is 0 Å². The molecule has 0 aromatic carbocycles. The van der Waals surface area contributed by atoms with E-state index >= 15 is 0 Å². The van der Waals surface area contributed by atoms with Crippen molar-refractivity contribution in [2.75, 3.05) is 13.2 Å². The zero-order chi connectivity index (χ0) is 10.1. The van der Waals surface area contributed by atoms with Crippen molar-refractivity contribution in [3.63, 3.8) is 0 Å². The van der Waals surface area contributed by atoms with Crippen molar-refractivity contribution in [2.24, 2.45) is 0 Å². The molecule has 0 saturated carbocycles. The van der Waals surface area contributed by atoms with E-state index in [1.807, 2.05) is 24.0 Å². The van der Waals surface area contributed by atoms with E-state index < -0.39 is 0 Å². The number of rotatable bonds is 2. The number of nitrogens with zero attached hydrogens (tertiary/aromatic N) is 3. The third kappa shape index (κ3) is 1.57. The molecule has 1 fully saturated rings. The second-order valence-electron chi connectivity index (χ2n) is 3.59. The zero-order valence-corrected chi connectivity index (χ0v) is 8.98. The molecule has 0 aliphatic carbocycles. The minimum absolute atomic E-state index is 0.433. The topological polar surface area (TPSA) is 39.9 Å². The Balaban J connectivity index is 1.98. The molecule has 2 aromatic heterocycles. The number of imidazole rings is 1. The van der Waals surface area contributed by atoms with Crippen LogP contribution >= 0.6 is 11.5 Å². The van der Waals surface area contributed by atoms with Crippen molar-refractivity contribution in [2.45, 2.75) is 12.5 Å². The fourth-order valence-corrected chi connectivity index (χ4v) is 2.40. The summed E-state index contributed by atoms with van der Waals surface area (Å²) in [6.45, 7) is 1.64. The molecule has 3 heterocycles. The maximum absolute atomic E-state index is 5.39. The molecule has 1 saturated heterocycles. The van der Waals surface area contributed by atoms with Gasteiger partial charge in [0.1, 0.15) is 5.82 Å². The Labute approximate surface area is 91.7 Å². The van der Waals surface area contributed by atoms with Crippen LogP contribution in [0.4, 0.5) is 0 Å². The summed E-state index contributed by atoms with van der Waals surface area (Å²) in [5.74, 6) is 0.999. The molecule has 78 valence electrons. The molecule has 3 rings (SSSR count). The van der Waals surface area contributed by atoms with Crippen molar-refractivity contribution in [1.82, 2.24) is 13.9 Å². The van der Waals surface area contributed by atoms with Crippen LogP contribution in [0.1, 0.15) is 12.5 Å². The van der Waals surface area contributed by atoms with Crippen LogP contribution in [0.3, 0.4) is 0 Å². The van der Waals surface area contributed by atoms with Gasteiger partial charge < -0.3 is 9.30 Å². The van der Waals surface area contributed by atoms with E-state index in [2.05, 4.69) is 13.9 Å². The summed E-state index contributed by atoms with van der Waals surface area (Å²) in [6, 6.07) is 0.433. The molecule has 15 heavy (non-hydrogen) atoms. The van der Waals surface area contributed by atoms with Gasteiger partial charge in [0, 0.05) is 29.9 Å². The van der Waals surface area contributed by atoms with Crippen LogP contribution < -0.4 is 0 Å². The fraction of sp³-hybridized carbons (Fsp3) is 0.400. The van der Waals surface area contributed by atoms with Gasteiger partial charge in [-0.05, 0) is 18.0 Å². The number of ether oxygens (including phenoxy) is 1. The largest absolute Gasteiger partial charge is 0.379 e. The van der Waals surface area contributed by atoms with Gasteiger partial charge in [-0.3, -0.25) is 0 Å². The van der Waals surface area contributed by atoms with Gasteiger partial charge in [0.05, 0.1) is 18.8 Å². The number of hydrogen-bond acceptors (Lipinski definition) is 4. The summed E-state index contributed by atoms with van der Waals surface area (Å²) in [6.07, 6.45) is 6.79. The van der Waals surface area contributed by atoms with Crippen molar-refractivity contribution in [3.8, 4) is 11.4 Å². The molecular weight excluding hydrogens is 210 g/mol. The summed E-state index contributed by atoms with van der Waals surface area (Å²) in [4.78, 5) is 4.38. The second kappa shape index (κ2) is 3.75. The highest BCUT2D eigenvalue weighted by atomic mass is 32.1. The molecule has 1 aliphatic heterocycles. The van der Waals surface area contributed by atoms with E-state index in [1.54, 1.807) is 0 Å². The van der Waals surface area contributed by atoms with Crippen molar-refractivity contribution in [3.05, 3.63) is 24.0 Å². The quantitative estimate of drug-likeness (QED) is 0.778. The van der Waals surface area contributed by atoms with Crippen LogP contribution in [-0.2, 0) is 4.74 Å². The summed E-state index contributed by atoms with van der Waals surface area (Å²) in [7, 11) is 0. The Hall–Kier alpha value is -1.20. The maximum atomic E-state index is 5.39. The third-order valence-corrected chi connectivity index (χ3v) is 3.24. The molecule has 4 nitrogen and oxygen atoms in total. The van der Waals surface area contributed by atoms with Crippen LogP contribution in [-0.4, -0.2) is 27.1 Å². The zero-order valence-electron chi connectivity index (χ0n) is 8.17. The molecule has 1 aliphatic rings. The van der Waals surface area contributed by atoms with E-state index in [1.165, 1.54) is 11.5 Å². The third-order valence-electron chi connectivity index (χ3n) is 2.66. The standard InChI is InChI=1S/C10H11N3OS/c1-4-14-6-9(1)13-3-2-11-10(13)8-5-12-15-7-8/h2-3,5,7,9H,1,4,6H2. The van der Waals surface area contributed by atoms with Gasteiger partial charge in [0.2, 0.25) is 0 Å². The molecule has 2 aromatic rings. The highest BCUT2D eigenvalue weighted by Crippen LogP contribution is 2.26. The minimum atomic E-state index is 0.433. The maximum Gasteiger partial charge on any atom is 0.142 e. The average molecular weight is 221 g/mol. The Kier molecular flexibility index (Phi) is 2.26. The van der Waals surface area contributed by atoms with Crippen molar-refractivity contribution in [1.29, 1.82) is 0 Å². The molecule has 0 amide bonds. The lowest BCUT2D eigenvalue weighted by molar-refractivity contribution is 0.187. The first-order chi connectivity index (χ1) is 7.45. The Morgan fingerprint density at radius 2 is 2.53 bits per heavy atom. The summed E-state index contributed by atoms with van der Waals surface area (Å²) in [5, 5.41) is 2.02. The van der Waals surface area contributed by atoms with E-state index in [0.29, 0.717) is 6.04 Å². The van der Waals surface area contributed by atoms with Crippen LogP contribution in [0.5, 0.6) is 0 Å². The molecular formula is C10H11N3OS. The minimum Gasteiger partial charge on any atom is -0.379 e. The van der Waals surface area contributed by atoms with E-state index in [0.717, 1.165) is 31.0 Å². The first kappa shape index (κ1) is 9.06. The highest BCUT2D eigenvalue weighted by molar-refractivity contribution is 7.03. The Bertz CT molecular complexity index is 431. The highest BCUT2D eigenvalue weighted by Gasteiger charge is 2.20. The van der Waals surface area contributed by atoms with Crippen LogP contribution in [0.25, 0.3) is 11.4 Å². The first-order valence-corrected chi connectivity index (χ1v) is 5.79. The van der Waals surface area contributed by atoms with Gasteiger partial charge in [0.15, 0.2) is 0 Å². The fourth-order valence-electron chi connectivity index (χ4n) is 1.89. The van der Waals surface area contributed by atoms with Crippen LogP contribution in [0.2, 0.25) is 0 Å². The molecule has 1 unspecified atom stereocenters. The number of aromatic nitrogens is 3. The van der Waals surface area contributed by atoms with Gasteiger partial charge in [-0.25, -0.2) is 9.36 Å². The SMILES string of the molecule is c1cn(C2CCOC2)c(-c2cnsc2)n1. The predicted octanol–water partition coefficient (Wildman–Crippen LogP) is 1.97. The molecule has 5 heteroatoms. The van der Waals surface area contributed by atoms with E-state index in [4.69, 9.17) is 4.74 Å². The molecule has 0 bridgehead atoms. The number of hydrogen-bond donors (Lipinski definition) is 0. The molecule has 0 spiro atoms. The first-order valence-electron chi connectivity index (χ1n) is 4.95. The normalized spacial score (nSPS) is 20.9. The molecule has 1 atom stereocenters. The monoisotopic (exact) mass is 221 g/mol. The lowest BCUT2D eigenvalue weighted by Gasteiger charge is -2.12. The average Bonchev–Trinajstić information content (AvgIpc) is 3.01. The smallest absolute Gasteiger partial charge is 0.142 e.